The minimum atomic E-state index is -0.350. The van der Waals surface area contributed by atoms with E-state index < -0.39 is 0 Å². The van der Waals surface area contributed by atoms with Gasteiger partial charge in [-0.25, -0.2) is 0 Å². The monoisotopic (exact) mass is 379 g/mol. The van der Waals surface area contributed by atoms with Crippen LogP contribution in [0.3, 0.4) is 0 Å². The second-order valence-electron chi connectivity index (χ2n) is 6.03. The number of hydrogen-bond donors (Lipinski definition) is 1. The first kappa shape index (κ1) is 18.0. The maximum absolute atomic E-state index is 12.1. The molecular formula is C18H19Cl2N3O2. The van der Waals surface area contributed by atoms with Crippen molar-refractivity contribution in [1.29, 1.82) is 0 Å². The summed E-state index contributed by atoms with van der Waals surface area (Å²) in [6.45, 7) is 0.575. The van der Waals surface area contributed by atoms with Crippen LogP contribution in [0.1, 0.15) is 54.2 Å². The van der Waals surface area contributed by atoms with Crippen molar-refractivity contribution < 1.29 is 9.21 Å². The van der Waals surface area contributed by atoms with Crippen LogP contribution >= 0.6 is 23.2 Å². The molecule has 0 saturated heterocycles. The molecule has 0 spiro atoms. The lowest BCUT2D eigenvalue weighted by atomic mass is 9.97. The van der Waals surface area contributed by atoms with Crippen molar-refractivity contribution in [1.82, 2.24) is 15.5 Å². The van der Waals surface area contributed by atoms with Crippen LogP contribution in [0.15, 0.2) is 34.3 Å². The molecule has 0 saturated carbocycles. The van der Waals surface area contributed by atoms with E-state index in [0.29, 0.717) is 28.9 Å². The van der Waals surface area contributed by atoms with Gasteiger partial charge in [-0.05, 0) is 49.8 Å². The number of benzene rings is 1. The summed E-state index contributed by atoms with van der Waals surface area (Å²) in [6, 6.07) is 5.20. The van der Waals surface area contributed by atoms with Crippen LogP contribution < -0.4 is 5.32 Å². The molecule has 1 aliphatic carbocycles. The largest absolute Gasteiger partial charge is 0.417 e. The molecule has 0 fully saturated rings. The van der Waals surface area contributed by atoms with Gasteiger partial charge in [0.1, 0.15) is 0 Å². The number of allylic oxidation sites excluding steroid dienone is 1. The minimum absolute atomic E-state index is 0.0299. The summed E-state index contributed by atoms with van der Waals surface area (Å²) < 4.78 is 5.44. The molecule has 25 heavy (non-hydrogen) atoms. The smallest absolute Gasteiger partial charge is 0.308 e. The third-order valence-corrected chi connectivity index (χ3v) is 4.72. The fourth-order valence-corrected chi connectivity index (χ4v) is 3.26. The van der Waals surface area contributed by atoms with Gasteiger partial charge in [-0.3, -0.25) is 4.79 Å². The molecule has 0 bridgehead atoms. The number of nitrogens with one attached hydrogen (secondary N) is 1. The van der Waals surface area contributed by atoms with E-state index in [1.165, 1.54) is 18.4 Å². The molecule has 2 aromatic rings. The topological polar surface area (TPSA) is 68.0 Å². The first-order valence-electron chi connectivity index (χ1n) is 8.34. The van der Waals surface area contributed by atoms with Crippen LogP contribution in [0.25, 0.3) is 0 Å². The highest BCUT2D eigenvalue weighted by molar-refractivity contribution is 6.35. The Hall–Kier alpha value is -1.85. The van der Waals surface area contributed by atoms with Gasteiger partial charge in [0, 0.05) is 16.6 Å². The van der Waals surface area contributed by atoms with Gasteiger partial charge < -0.3 is 9.73 Å². The highest BCUT2D eigenvalue weighted by Crippen LogP contribution is 2.23. The number of rotatable bonds is 6. The van der Waals surface area contributed by atoms with Crippen molar-refractivity contribution in [3.05, 3.63) is 57.2 Å². The Balaban J connectivity index is 1.53. The predicted molar refractivity (Wildman–Crippen MR) is 97.1 cm³/mol. The molecule has 1 aromatic carbocycles. The minimum Gasteiger partial charge on any atom is -0.417 e. The zero-order chi connectivity index (χ0) is 17.6. The molecule has 7 heteroatoms. The molecule has 3 rings (SSSR count). The fourth-order valence-electron chi connectivity index (χ4n) is 2.79. The second-order valence-corrected chi connectivity index (χ2v) is 6.87. The number of amides is 1. The normalized spacial score (nSPS) is 14.2. The van der Waals surface area contributed by atoms with Gasteiger partial charge in [0.15, 0.2) is 0 Å². The van der Waals surface area contributed by atoms with Crippen LogP contribution in [0.2, 0.25) is 10.0 Å². The van der Waals surface area contributed by atoms with Crippen LogP contribution in [-0.2, 0) is 6.42 Å². The van der Waals surface area contributed by atoms with E-state index in [4.69, 9.17) is 27.6 Å². The third kappa shape index (κ3) is 5.06. The number of nitrogens with zero attached hydrogens (tertiary/aromatic N) is 2. The molecule has 1 heterocycles. The van der Waals surface area contributed by atoms with Crippen LogP contribution in [0, 0.1) is 0 Å². The van der Waals surface area contributed by atoms with E-state index >= 15 is 0 Å². The Labute approximate surface area is 156 Å². The highest BCUT2D eigenvalue weighted by Gasteiger charge is 2.16. The first-order valence-corrected chi connectivity index (χ1v) is 9.10. The number of halogens is 2. The van der Waals surface area contributed by atoms with Crippen molar-refractivity contribution in [3.8, 4) is 0 Å². The van der Waals surface area contributed by atoms with Crippen molar-refractivity contribution in [2.75, 3.05) is 6.54 Å². The van der Waals surface area contributed by atoms with Crippen molar-refractivity contribution in [3.63, 3.8) is 0 Å². The average Bonchev–Trinajstić information content (AvgIpc) is 3.07. The fraction of sp³-hybridized carbons (Fsp3) is 0.389. The Kier molecular flexibility index (Phi) is 6.10. The number of carbonyl (C=O) groups is 1. The summed E-state index contributed by atoms with van der Waals surface area (Å²) in [5, 5.41) is 11.6. The van der Waals surface area contributed by atoms with Crippen molar-refractivity contribution in [2.45, 2.75) is 38.5 Å². The Morgan fingerprint density at radius 2 is 2.12 bits per heavy atom. The lowest BCUT2D eigenvalue weighted by Crippen LogP contribution is -2.25. The van der Waals surface area contributed by atoms with E-state index in [0.717, 1.165) is 24.8 Å². The lowest BCUT2D eigenvalue weighted by molar-refractivity contribution is 0.0917. The number of carbonyl (C=O) groups excluding carboxylic acids is 1. The first-order chi connectivity index (χ1) is 12.1. The standard InChI is InChI=1S/C18H19Cl2N3O2/c19-14-7-6-13(15(20)11-14)10-16-22-23-18(25-16)17(24)21-9-8-12-4-2-1-3-5-12/h4,6-7,11H,1-3,5,8-10H2,(H,21,24). The SMILES string of the molecule is O=C(NCCC1=CCCCC1)c1nnc(Cc2ccc(Cl)cc2Cl)o1. The quantitative estimate of drug-likeness (QED) is 0.745. The van der Waals surface area contributed by atoms with E-state index in [1.807, 2.05) is 0 Å². The molecular weight excluding hydrogens is 361 g/mol. The Bertz CT molecular complexity index is 786. The molecule has 0 aliphatic heterocycles. The van der Waals surface area contributed by atoms with Crippen molar-refractivity contribution in [2.24, 2.45) is 0 Å². The lowest BCUT2D eigenvalue weighted by Gasteiger charge is -2.12. The van der Waals surface area contributed by atoms with Crippen LogP contribution in [0.4, 0.5) is 0 Å². The van der Waals surface area contributed by atoms with Crippen molar-refractivity contribution >= 4 is 29.1 Å². The Morgan fingerprint density at radius 3 is 2.88 bits per heavy atom. The molecule has 1 amide bonds. The number of aromatic nitrogens is 2. The Morgan fingerprint density at radius 1 is 1.24 bits per heavy atom. The van der Waals surface area contributed by atoms with Gasteiger partial charge in [-0.15, -0.1) is 10.2 Å². The van der Waals surface area contributed by atoms with E-state index in [-0.39, 0.29) is 11.8 Å². The zero-order valence-electron chi connectivity index (χ0n) is 13.7. The molecule has 5 nitrogen and oxygen atoms in total. The van der Waals surface area contributed by atoms with Gasteiger partial charge in [0.2, 0.25) is 5.89 Å². The van der Waals surface area contributed by atoms with Gasteiger partial charge in [-0.1, -0.05) is 40.9 Å². The van der Waals surface area contributed by atoms with Gasteiger partial charge >= 0.3 is 11.8 Å². The van der Waals surface area contributed by atoms with Crippen LogP contribution in [-0.4, -0.2) is 22.6 Å². The average molecular weight is 380 g/mol. The number of hydrogen-bond acceptors (Lipinski definition) is 4. The zero-order valence-corrected chi connectivity index (χ0v) is 15.2. The molecule has 1 aromatic heterocycles. The maximum atomic E-state index is 12.1. The predicted octanol–water partition coefficient (Wildman–Crippen LogP) is 4.59. The van der Waals surface area contributed by atoms with E-state index in [9.17, 15) is 4.79 Å². The van der Waals surface area contributed by atoms with E-state index in [2.05, 4.69) is 21.6 Å². The van der Waals surface area contributed by atoms with Gasteiger partial charge in [0.25, 0.3) is 0 Å². The summed E-state index contributed by atoms with van der Waals surface area (Å²) in [5.41, 5.74) is 2.22. The van der Waals surface area contributed by atoms with Crippen LogP contribution in [0.5, 0.6) is 0 Å². The summed E-state index contributed by atoms with van der Waals surface area (Å²) in [6.07, 6.45) is 8.26. The molecule has 1 aliphatic rings. The maximum Gasteiger partial charge on any atom is 0.308 e. The molecule has 0 atom stereocenters. The van der Waals surface area contributed by atoms with Gasteiger partial charge in [-0.2, -0.15) is 0 Å². The third-order valence-electron chi connectivity index (χ3n) is 4.13. The molecule has 1 N–H and O–H groups in total. The van der Waals surface area contributed by atoms with Gasteiger partial charge in [0.05, 0.1) is 6.42 Å². The summed E-state index contributed by atoms with van der Waals surface area (Å²) in [4.78, 5) is 12.1. The molecule has 132 valence electrons. The summed E-state index contributed by atoms with van der Waals surface area (Å²) in [7, 11) is 0. The summed E-state index contributed by atoms with van der Waals surface area (Å²) in [5.74, 6) is -0.0422. The second kappa shape index (κ2) is 8.50. The molecule has 0 unspecified atom stereocenters. The van der Waals surface area contributed by atoms with E-state index in [1.54, 1.807) is 18.2 Å². The molecule has 0 radical (unpaired) electrons. The summed E-state index contributed by atoms with van der Waals surface area (Å²) >= 11 is 12.0. The highest BCUT2D eigenvalue weighted by atomic mass is 35.5.